The van der Waals surface area contributed by atoms with E-state index in [0.717, 1.165) is 36.9 Å². The molecule has 3 nitrogen and oxygen atoms in total. The fourth-order valence-corrected chi connectivity index (χ4v) is 3.66. The van der Waals surface area contributed by atoms with E-state index >= 15 is 0 Å². The standard InChI is InChI=1S/C20H22N2O/c1-14-8-10-18(15(2)12-14)19-11-9-16(13-21)20(23)22(19)17-6-4-3-5-7-17/h8-12,17H,3-7H2,1-2H3. The molecule has 0 aliphatic heterocycles. The van der Waals surface area contributed by atoms with Crippen molar-refractivity contribution >= 4 is 0 Å². The van der Waals surface area contributed by atoms with E-state index in [2.05, 4.69) is 32.0 Å². The third-order valence-corrected chi connectivity index (χ3v) is 4.83. The number of aryl methyl sites for hydroxylation is 2. The summed E-state index contributed by atoms with van der Waals surface area (Å²) in [6, 6.07) is 12.2. The highest BCUT2D eigenvalue weighted by atomic mass is 16.1. The Hall–Kier alpha value is -2.34. The Bertz CT molecular complexity index is 821. The highest BCUT2D eigenvalue weighted by Gasteiger charge is 2.21. The van der Waals surface area contributed by atoms with Gasteiger partial charge in [0.05, 0.1) is 5.69 Å². The minimum Gasteiger partial charge on any atom is -0.304 e. The first-order chi connectivity index (χ1) is 11.1. The highest BCUT2D eigenvalue weighted by molar-refractivity contribution is 5.65. The molecule has 0 bridgehead atoms. The Balaban J connectivity index is 2.22. The molecule has 3 rings (SSSR count). The van der Waals surface area contributed by atoms with Crippen LogP contribution in [-0.4, -0.2) is 4.57 Å². The third kappa shape index (κ3) is 2.94. The molecule has 23 heavy (non-hydrogen) atoms. The van der Waals surface area contributed by atoms with Crippen molar-refractivity contribution in [2.75, 3.05) is 0 Å². The number of benzene rings is 1. The average Bonchev–Trinajstić information content (AvgIpc) is 2.55. The van der Waals surface area contributed by atoms with Crippen molar-refractivity contribution in [2.45, 2.75) is 52.0 Å². The van der Waals surface area contributed by atoms with E-state index in [4.69, 9.17) is 0 Å². The molecule has 1 aromatic carbocycles. The number of hydrogen-bond acceptors (Lipinski definition) is 2. The summed E-state index contributed by atoms with van der Waals surface area (Å²) in [7, 11) is 0. The van der Waals surface area contributed by atoms with Gasteiger partial charge in [-0.15, -0.1) is 0 Å². The smallest absolute Gasteiger partial charge is 0.269 e. The van der Waals surface area contributed by atoms with Gasteiger partial charge < -0.3 is 4.57 Å². The van der Waals surface area contributed by atoms with Crippen LogP contribution in [0.25, 0.3) is 11.3 Å². The first-order valence-electron chi connectivity index (χ1n) is 8.35. The van der Waals surface area contributed by atoms with Gasteiger partial charge in [-0.05, 0) is 44.4 Å². The summed E-state index contributed by atoms with van der Waals surface area (Å²) in [5, 5.41) is 9.23. The molecular weight excluding hydrogens is 284 g/mol. The second kappa shape index (κ2) is 6.42. The van der Waals surface area contributed by atoms with Gasteiger partial charge >= 0.3 is 0 Å². The molecule has 1 aliphatic carbocycles. The normalized spacial score (nSPS) is 15.3. The fourth-order valence-electron chi connectivity index (χ4n) is 3.66. The SMILES string of the molecule is Cc1ccc(-c2ccc(C#N)c(=O)n2C2CCCCC2)c(C)c1. The Morgan fingerprint density at radius 2 is 1.83 bits per heavy atom. The van der Waals surface area contributed by atoms with Crippen LogP contribution in [0.4, 0.5) is 0 Å². The van der Waals surface area contributed by atoms with Crippen molar-refractivity contribution in [3.8, 4) is 17.3 Å². The van der Waals surface area contributed by atoms with Crippen LogP contribution in [0.3, 0.4) is 0 Å². The lowest BCUT2D eigenvalue weighted by atomic mass is 9.93. The Morgan fingerprint density at radius 1 is 1.09 bits per heavy atom. The Morgan fingerprint density at radius 3 is 2.48 bits per heavy atom. The monoisotopic (exact) mass is 306 g/mol. The first kappa shape index (κ1) is 15.6. The molecule has 0 radical (unpaired) electrons. The Kier molecular flexibility index (Phi) is 4.34. The quantitative estimate of drug-likeness (QED) is 0.819. The van der Waals surface area contributed by atoms with E-state index in [9.17, 15) is 10.1 Å². The molecule has 2 aromatic rings. The molecule has 0 N–H and O–H groups in total. The Labute approximate surface area is 137 Å². The van der Waals surface area contributed by atoms with Crippen molar-refractivity contribution in [1.82, 2.24) is 4.57 Å². The lowest BCUT2D eigenvalue weighted by molar-refractivity contribution is 0.348. The summed E-state index contributed by atoms with van der Waals surface area (Å²) in [5.74, 6) is 0. The number of rotatable bonds is 2. The summed E-state index contributed by atoms with van der Waals surface area (Å²) < 4.78 is 1.88. The van der Waals surface area contributed by atoms with Crippen LogP contribution < -0.4 is 5.56 Å². The van der Waals surface area contributed by atoms with E-state index in [1.165, 1.54) is 17.5 Å². The van der Waals surface area contributed by atoms with Gasteiger partial charge in [-0.2, -0.15) is 5.26 Å². The van der Waals surface area contributed by atoms with Gasteiger partial charge in [-0.25, -0.2) is 0 Å². The van der Waals surface area contributed by atoms with Gasteiger partial charge in [0, 0.05) is 11.6 Å². The molecule has 1 aliphatic rings. The van der Waals surface area contributed by atoms with Crippen LogP contribution in [0.5, 0.6) is 0 Å². The van der Waals surface area contributed by atoms with E-state index in [1.807, 2.05) is 16.7 Å². The summed E-state index contributed by atoms with van der Waals surface area (Å²) in [4.78, 5) is 12.8. The van der Waals surface area contributed by atoms with E-state index in [0.29, 0.717) is 0 Å². The molecule has 0 saturated heterocycles. The number of pyridine rings is 1. The van der Waals surface area contributed by atoms with Gasteiger partial charge in [0.2, 0.25) is 0 Å². The molecule has 1 heterocycles. The molecule has 0 amide bonds. The van der Waals surface area contributed by atoms with Crippen LogP contribution in [0.2, 0.25) is 0 Å². The minimum atomic E-state index is -0.142. The second-order valence-corrected chi connectivity index (χ2v) is 6.53. The van der Waals surface area contributed by atoms with Crippen molar-refractivity contribution < 1.29 is 0 Å². The van der Waals surface area contributed by atoms with Crippen LogP contribution in [0.1, 0.15) is 54.8 Å². The van der Waals surface area contributed by atoms with Gasteiger partial charge in [-0.1, -0.05) is 43.0 Å². The number of aromatic nitrogens is 1. The van der Waals surface area contributed by atoms with Crippen molar-refractivity contribution in [3.05, 3.63) is 57.4 Å². The zero-order valence-corrected chi connectivity index (χ0v) is 13.8. The molecule has 1 fully saturated rings. The molecule has 118 valence electrons. The first-order valence-corrected chi connectivity index (χ1v) is 8.35. The van der Waals surface area contributed by atoms with Gasteiger partial charge in [-0.3, -0.25) is 4.79 Å². The summed E-state index contributed by atoms with van der Waals surface area (Å²) in [6.07, 6.45) is 5.59. The average molecular weight is 306 g/mol. The summed E-state index contributed by atoms with van der Waals surface area (Å²) in [5.41, 5.74) is 4.51. The van der Waals surface area contributed by atoms with E-state index in [-0.39, 0.29) is 17.2 Å². The van der Waals surface area contributed by atoms with Gasteiger partial charge in [0.15, 0.2) is 0 Å². The maximum absolute atomic E-state index is 12.8. The lowest BCUT2D eigenvalue weighted by Crippen LogP contribution is -2.29. The van der Waals surface area contributed by atoms with E-state index in [1.54, 1.807) is 6.07 Å². The lowest BCUT2D eigenvalue weighted by Gasteiger charge is -2.27. The van der Waals surface area contributed by atoms with Crippen LogP contribution >= 0.6 is 0 Å². The highest BCUT2D eigenvalue weighted by Crippen LogP contribution is 2.32. The fraction of sp³-hybridized carbons (Fsp3) is 0.400. The molecule has 3 heteroatoms. The predicted octanol–water partition coefficient (Wildman–Crippen LogP) is 4.51. The third-order valence-electron chi connectivity index (χ3n) is 4.83. The topological polar surface area (TPSA) is 45.8 Å². The zero-order valence-electron chi connectivity index (χ0n) is 13.8. The van der Waals surface area contributed by atoms with Crippen molar-refractivity contribution in [1.29, 1.82) is 5.26 Å². The molecule has 0 atom stereocenters. The zero-order chi connectivity index (χ0) is 16.4. The number of hydrogen-bond donors (Lipinski definition) is 0. The van der Waals surface area contributed by atoms with Crippen LogP contribution in [0, 0.1) is 25.2 Å². The molecule has 1 aromatic heterocycles. The maximum atomic E-state index is 12.8. The number of nitriles is 1. The van der Waals surface area contributed by atoms with Gasteiger partial charge in [0.1, 0.15) is 11.6 Å². The summed E-state index contributed by atoms with van der Waals surface area (Å²) in [6.45, 7) is 4.15. The predicted molar refractivity (Wildman–Crippen MR) is 92.4 cm³/mol. The molecule has 0 unspecified atom stereocenters. The minimum absolute atomic E-state index is 0.142. The number of nitrogens with zero attached hydrogens (tertiary/aromatic N) is 2. The van der Waals surface area contributed by atoms with Crippen molar-refractivity contribution in [2.24, 2.45) is 0 Å². The van der Waals surface area contributed by atoms with Crippen LogP contribution in [0.15, 0.2) is 35.1 Å². The largest absolute Gasteiger partial charge is 0.304 e. The molecular formula is C20H22N2O. The van der Waals surface area contributed by atoms with Gasteiger partial charge in [0.25, 0.3) is 5.56 Å². The second-order valence-electron chi connectivity index (χ2n) is 6.53. The molecule has 1 saturated carbocycles. The van der Waals surface area contributed by atoms with Crippen molar-refractivity contribution in [3.63, 3.8) is 0 Å². The van der Waals surface area contributed by atoms with E-state index < -0.39 is 0 Å². The van der Waals surface area contributed by atoms with Crippen LogP contribution in [-0.2, 0) is 0 Å². The molecule has 0 spiro atoms. The summed E-state index contributed by atoms with van der Waals surface area (Å²) >= 11 is 0. The maximum Gasteiger partial charge on any atom is 0.269 e.